The zero-order chi connectivity index (χ0) is 13.1. The fraction of sp³-hybridized carbons (Fsp3) is 0.154. The molecule has 0 atom stereocenters. The van der Waals surface area contributed by atoms with Gasteiger partial charge in [0, 0.05) is 10.4 Å². The standard InChI is InChI=1S/C13H11BrFNOS/c1-8-4-5-18-12(8)7-16-13(17)9-2-3-10(14)11(15)6-9/h2-6H,7H2,1H3,(H,16,17). The van der Waals surface area contributed by atoms with Crippen molar-refractivity contribution in [2.75, 3.05) is 0 Å². The van der Waals surface area contributed by atoms with Gasteiger partial charge in [-0.15, -0.1) is 11.3 Å². The number of hydrogen-bond donors (Lipinski definition) is 1. The van der Waals surface area contributed by atoms with E-state index in [4.69, 9.17) is 0 Å². The molecule has 0 aliphatic rings. The van der Waals surface area contributed by atoms with Gasteiger partial charge in [-0.05, 0) is 58.1 Å². The lowest BCUT2D eigenvalue weighted by molar-refractivity contribution is 0.0951. The average Bonchev–Trinajstić information content (AvgIpc) is 2.75. The molecule has 0 radical (unpaired) electrons. The van der Waals surface area contributed by atoms with Crippen LogP contribution in [-0.2, 0) is 6.54 Å². The first-order chi connectivity index (χ1) is 8.58. The number of nitrogens with one attached hydrogen (secondary N) is 1. The fourth-order valence-corrected chi connectivity index (χ4v) is 2.58. The van der Waals surface area contributed by atoms with Crippen LogP contribution in [0.2, 0.25) is 0 Å². The number of thiophene rings is 1. The summed E-state index contributed by atoms with van der Waals surface area (Å²) in [6, 6.07) is 6.34. The van der Waals surface area contributed by atoms with Crippen molar-refractivity contribution in [3.05, 3.63) is 55.9 Å². The van der Waals surface area contributed by atoms with Gasteiger partial charge >= 0.3 is 0 Å². The van der Waals surface area contributed by atoms with Crippen LogP contribution in [0.15, 0.2) is 34.1 Å². The molecule has 2 aromatic rings. The van der Waals surface area contributed by atoms with Gasteiger partial charge in [-0.1, -0.05) is 0 Å². The van der Waals surface area contributed by atoms with Crippen molar-refractivity contribution in [3.63, 3.8) is 0 Å². The van der Waals surface area contributed by atoms with Crippen molar-refractivity contribution in [1.29, 1.82) is 0 Å². The molecule has 1 N–H and O–H groups in total. The van der Waals surface area contributed by atoms with Crippen molar-refractivity contribution < 1.29 is 9.18 Å². The minimum atomic E-state index is -0.435. The quantitative estimate of drug-likeness (QED) is 0.910. The van der Waals surface area contributed by atoms with E-state index in [-0.39, 0.29) is 5.91 Å². The Balaban J connectivity index is 2.04. The number of amides is 1. The summed E-state index contributed by atoms with van der Waals surface area (Å²) in [5.41, 5.74) is 1.48. The first-order valence-corrected chi connectivity index (χ1v) is 7.01. The first kappa shape index (κ1) is 13.2. The average molecular weight is 328 g/mol. The van der Waals surface area contributed by atoms with Crippen molar-refractivity contribution in [3.8, 4) is 0 Å². The van der Waals surface area contributed by atoms with Gasteiger partial charge in [0.05, 0.1) is 11.0 Å². The maximum atomic E-state index is 13.3. The molecular weight excluding hydrogens is 317 g/mol. The van der Waals surface area contributed by atoms with E-state index in [1.807, 2.05) is 18.4 Å². The summed E-state index contributed by atoms with van der Waals surface area (Å²) in [7, 11) is 0. The Morgan fingerprint density at radius 1 is 1.44 bits per heavy atom. The van der Waals surface area contributed by atoms with Crippen molar-refractivity contribution in [2.45, 2.75) is 13.5 Å². The van der Waals surface area contributed by atoms with Gasteiger partial charge in [0.2, 0.25) is 0 Å². The number of carbonyl (C=O) groups excluding carboxylic acids is 1. The van der Waals surface area contributed by atoms with E-state index in [0.29, 0.717) is 16.6 Å². The molecule has 1 aromatic carbocycles. The number of benzene rings is 1. The zero-order valence-electron chi connectivity index (χ0n) is 9.67. The van der Waals surface area contributed by atoms with Crippen LogP contribution in [0.4, 0.5) is 4.39 Å². The highest BCUT2D eigenvalue weighted by atomic mass is 79.9. The summed E-state index contributed by atoms with van der Waals surface area (Å²) < 4.78 is 13.6. The van der Waals surface area contributed by atoms with Crippen LogP contribution in [0.5, 0.6) is 0 Å². The van der Waals surface area contributed by atoms with E-state index in [1.165, 1.54) is 12.1 Å². The Morgan fingerprint density at radius 2 is 2.22 bits per heavy atom. The first-order valence-electron chi connectivity index (χ1n) is 5.34. The number of carbonyl (C=O) groups is 1. The van der Waals surface area contributed by atoms with E-state index in [9.17, 15) is 9.18 Å². The van der Waals surface area contributed by atoms with E-state index >= 15 is 0 Å². The van der Waals surface area contributed by atoms with Crippen LogP contribution in [-0.4, -0.2) is 5.91 Å². The molecule has 0 fully saturated rings. The lowest BCUT2D eigenvalue weighted by atomic mass is 10.2. The van der Waals surface area contributed by atoms with Gasteiger partial charge in [-0.3, -0.25) is 4.79 Å². The molecule has 1 aromatic heterocycles. The Labute approximate surface area is 117 Å². The SMILES string of the molecule is Cc1ccsc1CNC(=O)c1ccc(Br)c(F)c1. The van der Waals surface area contributed by atoms with Crippen LogP contribution < -0.4 is 5.32 Å². The summed E-state index contributed by atoms with van der Waals surface area (Å²) in [6.07, 6.45) is 0. The van der Waals surface area contributed by atoms with Crippen LogP contribution in [0.25, 0.3) is 0 Å². The molecular formula is C13H11BrFNOS. The van der Waals surface area contributed by atoms with Crippen LogP contribution in [0.3, 0.4) is 0 Å². The molecule has 2 rings (SSSR count). The lowest BCUT2D eigenvalue weighted by Crippen LogP contribution is -2.22. The highest BCUT2D eigenvalue weighted by molar-refractivity contribution is 9.10. The number of halogens is 2. The van der Waals surface area contributed by atoms with Crippen molar-refractivity contribution in [2.24, 2.45) is 0 Å². The summed E-state index contributed by atoms with van der Waals surface area (Å²) >= 11 is 4.65. The zero-order valence-corrected chi connectivity index (χ0v) is 12.1. The van der Waals surface area contributed by atoms with Crippen LogP contribution in [0.1, 0.15) is 20.8 Å². The van der Waals surface area contributed by atoms with E-state index < -0.39 is 5.82 Å². The highest BCUT2D eigenvalue weighted by Crippen LogP contribution is 2.17. The molecule has 0 aliphatic heterocycles. The third-order valence-corrected chi connectivity index (χ3v) is 4.23. The fourth-order valence-electron chi connectivity index (χ4n) is 1.49. The summed E-state index contributed by atoms with van der Waals surface area (Å²) in [5, 5.41) is 4.76. The van der Waals surface area contributed by atoms with Gasteiger partial charge < -0.3 is 5.32 Å². The molecule has 1 heterocycles. The van der Waals surface area contributed by atoms with E-state index in [1.54, 1.807) is 17.4 Å². The Kier molecular flexibility index (Phi) is 4.14. The number of hydrogen-bond acceptors (Lipinski definition) is 2. The van der Waals surface area contributed by atoms with Crippen LogP contribution >= 0.6 is 27.3 Å². The Bertz CT molecular complexity index is 582. The predicted molar refractivity (Wildman–Crippen MR) is 74.3 cm³/mol. The normalized spacial score (nSPS) is 10.4. The minimum absolute atomic E-state index is 0.269. The second-order valence-corrected chi connectivity index (χ2v) is 5.69. The monoisotopic (exact) mass is 327 g/mol. The summed E-state index contributed by atoms with van der Waals surface area (Å²) in [5.74, 6) is -0.704. The molecule has 5 heteroatoms. The molecule has 2 nitrogen and oxygen atoms in total. The predicted octanol–water partition coefficient (Wildman–Crippen LogP) is 3.89. The van der Waals surface area contributed by atoms with Crippen molar-refractivity contribution in [1.82, 2.24) is 5.32 Å². The van der Waals surface area contributed by atoms with Crippen LogP contribution in [0, 0.1) is 12.7 Å². The van der Waals surface area contributed by atoms with Gasteiger partial charge in [0.25, 0.3) is 5.91 Å². The van der Waals surface area contributed by atoms with Crippen molar-refractivity contribution >= 4 is 33.2 Å². The molecule has 1 amide bonds. The Hall–Kier alpha value is -1.20. The maximum absolute atomic E-state index is 13.3. The smallest absolute Gasteiger partial charge is 0.251 e. The third kappa shape index (κ3) is 2.97. The second kappa shape index (κ2) is 5.63. The number of rotatable bonds is 3. The molecule has 94 valence electrons. The minimum Gasteiger partial charge on any atom is -0.347 e. The topological polar surface area (TPSA) is 29.1 Å². The lowest BCUT2D eigenvalue weighted by Gasteiger charge is -2.05. The van der Waals surface area contributed by atoms with Gasteiger partial charge in [0.1, 0.15) is 5.82 Å². The molecule has 0 spiro atoms. The largest absolute Gasteiger partial charge is 0.347 e. The molecule has 0 bridgehead atoms. The molecule has 0 unspecified atom stereocenters. The van der Waals surface area contributed by atoms with Gasteiger partial charge in [0.15, 0.2) is 0 Å². The van der Waals surface area contributed by atoms with E-state index in [2.05, 4.69) is 21.2 Å². The Morgan fingerprint density at radius 3 is 2.83 bits per heavy atom. The summed E-state index contributed by atoms with van der Waals surface area (Å²) in [6.45, 7) is 2.47. The highest BCUT2D eigenvalue weighted by Gasteiger charge is 2.09. The molecule has 0 saturated carbocycles. The summed E-state index contributed by atoms with van der Waals surface area (Å²) in [4.78, 5) is 12.9. The molecule has 18 heavy (non-hydrogen) atoms. The maximum Gasteiger partial charge on any atom is 0.251 e. The second-order valence-electron chi connectivity index (χ2n) is 3.84. The molecule has 0 aliphatic carbocycles. The van der Waals surface area contributed by atoms with E-state index in [0.717, 1.165) is 10.4 Å². The van der Waals surface area contributed by atoms with Gasteiger partial charge in [-0.25, -0.2) is 4.39 Å². The number of aryl methyl sites for hydroxylation is 1. The molecule has 0 saturated heterocycles. The third-order valence-electron chi connectivity index (χ3n) is 2.56. The van der Waals surface area contributed by atoms with Gasteiger partial charge in [-0.2, -0.15) is 0 Å².